The quantitative estimate of drug-likeness (QED) is 0.352. The Kier molecular flexibility index (Phi) is 7.27. The van der Waals surface area contributed by atoms with Crippen molar-refractivity contribution in [2.45, 2.75) is 32.4 Å². The van der Waals surface area contributed by atoms with Gasteiger partial charge in [-0.3, -0.25) is 9.59 Å². The number of hydrogen-bond donors (Lipinski definition) is 2. The maximum Gasteiger partial charge on any atom is 0.255 e. The fraction of sp³-hybridized carbons (Fsp3) is 0.276. The highest BCUT2D eigenvalue weighted by atomic mass is 16.5. The molecule has 2 amide bonds. The Morgan fingerprint density at radius 2 is 2.00 bits per heavy atom. The van der Waals surface area contributed by atoms with Crippen molar-refractivity contribution in [1.82, 2.24) is 30.0 Å². The van der Waals surface area contributed by atoms with Gasteiger partial charge in [0.15, 0.2) is 5.65 Å². The Bertz CT molecular complexity index is 1540. The summed E-state index contributed by atoms with van der Waals surface area (Å²) in [6.07, 6.45) is 4.50. The van der Waals surface area contributed by atoms with Crippen LogP contribution in [0.4, 0.5) is 5.82 Å². The number of carbonyl (C=O) groups is 2. The fourth-order valence-electron chi connectivity index (χ4n) is 5.09. The van der Waals surface area contributed by atoms with Crippen LogP contribution in [0, 0.1) is 6.92 Å². The average molecular weight is 526 g/mol. The van der Waals surface area contributed by atoms with Crippen LogP contribution in [-0.2, 0) is 11.3 Å². The van der Waals surface area contributed by atoms with Crippen molar-refractivity contribution in [3.8, 4) is 17.0 Å². The summed E-state index contributed by atoms with van der Waals surface area (Å²) in [4.78, 5) is 35.6. The number of aryl methyl sites for hydroxylation is 1. The van der Waals surface area contributed by atoms with Gasteiger partial charge >= 0.3 is 0 Å². The van der Waals surface area contributed by atoms with E-state index in [0.29, 0.717) is 53.5 Å². The van der Waals surface area contributed by atoms with Crippen LogP contribution >= 0.6 is 0 Å². The van der Waals surface area contributed by atoms with Crippen LogP contribution in [0.3, 0.4) is 0 Å². The third kappa shape index (κ3) is 5.05. The van der Waals surface area contributed by atoms with Crippen molar-refractivity contribution < 1.29 is 14.3 Å². The number of anilines is 1. The molecule has 3 heterocycles. The predicted octanol–water partition coefficient (Wildman–Crippen LogP) is 3.67. The highest BCUT2D eigenvalue weighted by Gasteiger charge is 2.28. The lowest BCUT2D eigenvalue weighted by Crippen LogP contribution is -2.40. The van der Waals surface area contributed by atoms with Crippen LogP contribution in [0.5, 0.6) is 5.75 Å². The Balaban J connectivity index is 1.39. The van der Waals surface area contributed by atoms with Gasteiger partial charge in [0.1, 0.15) is 23.6 Å². The third-order valence-corrected chi connectivity index (χ3v) is 7.11. The largest absolute Gasteiger partial charge is 0.496 e. The van der Waals surface area contributed by atoms with Crippen molar-refractivity contribution >= 4 is 28.7 Å². The summed E-state index contributed by atoms with van der Waals surface area (Å²) in [6.45, 7) is 7.07. The topological polar surface area (TPSA) is 128 Å². The number of rotatable bonds is 7. The number of nitrogens with one attached hydrogen (secondary N) is 1. The lowest BCUT2D eigenvalue weighted by Gasteiger charge is -2.32. The van der Waals surface area contributed by atoms with E-state index in [0.717, 1.165) is 29.5 Å². The molecule has 200 valence electrons. The zero-order chi connectivity index (χ0) is 27.5. The van der Waals surface area contributed by atoms with Crippen LogP contribution < -0.4 is 15.8 Å². The Morgan fingerprint density at radius 1 is 1.21 bits per heavy atom. The second-order valence-electron chi connectivity index (χ2n) is 9.57. The highest BCUT2D eigenvalue weighted by molar-refractivity contribution is 5.99. The molecule has 0 spiro atoms. The third-order valence-electron chi connectivity index (χ3n) is 7.11. The number of aromatic nitrogens is 4. The molecule has 5 rings (SSSR count). The lowest BCUT2D eigenvalue weighted by atomic mass is 10.1. The standard InChI is InChI=1S/C29H31N7O3/c1-4-23(37)35-14-6-8-21(16-35)36-28-25(27(30)32-17-33-28)26(34-36)20-12-10-19(11-13-20)15-31-29(38)24-18(2)7-5-9-22(24)39-3/h4-5,7,9-13,17,21H,1,6,8,14-16H2,2-3H3,(H,31,38)(H2,30,32,33)/t21-/m1/s1. The van der Waals surface area contributed by atoms with Gasteiger partial charge in [0.05, 0.1) is 24.1 Å². The number of benzene rings is 2. The zero-order valence-corrected chi connectivity index (χ0v) is 22.1. The van der Waals surface area contributed by atoms with Gasteiger partial charge < -0.3 is 20.7 Å². The van der Waals surface area contributed by atoms with Crippen LogP contribution in [0.2, 0.25) is 0 Å². The van der Waals surface area contributed by atoms with E-state index in [4.69, 9.17) is 15.6 Å². The number of carbonyl (C=O) groups excluding carboxylic acids is 2. The normalized spacial score (nSPS) is 15.2. The summed E-state index contributed by atoms with van der Waals surface area (Å²) in [5.41, 5.74) is 10.8. The molecule has 1 saturated heterocycles. The number of piperidine rings is 1. The Hall–Kier alpha value is -4.73. The first-order valence-corrected chi connectivity index (χ1v) is 12.8. The Labute approximate surface area is 226 Å². The van der Waals surface area contributed by atoms with Crippen LogP contribution in [-0.4, -0.2) is 56.7 Å². The molecule has 4 aromatic rings. The van der Waals surface area contributed by atoms with E-state index in [1.165, 1.54) is 12.4 Å². The predicted molar refractivity (Wildman–Crippen MR) is 149 cm³/mol. The van der Waals surface area contributed by atoms with Crippen molar-refractivity contribution in [1.29, 1.82) is 0 Å². The smallest absolute Gasteiger partial charge is 0.255 e. The van der Waals surface area contributed by atoms with Gasteiger partial charge in [0.25, 0.3) is 5.91 Å². The molecule has 3 N–H and O–H groups in total. The van der Waals surface area contributed by atoms with Crippen LogP contribution in [0.25, 0.3) is 22.3 Å². The van der Waals surface area contributed by atoms with Crippen molar-refractivity contribution in [2.75, 3.05) is 25.9 Å². The van der Waals surface area contributed by atoms with E-state index in [9.17, 15) is 9.59 Å². The molecular weight excluding hydrogens is 494 g/mol. The van der Waals surface area contributed by atoms with Gasteiger partial charge in [0, 0.05) is 25.2 Å². The van der Waals surface area contributed by atoms with Gasteiger partial charge in [-0.05, 0) is 43.0 Å². The molecule has 0 saturated carbocycles. The van der Waals surface area contributed by atoms with Crippen molar-refractivity contribution in [3.05, 3.63) is 78.1 Å². The summed E-state index contributed by atoms with van der Waals surface area (Å²) in [5.74, 6) is 0.605. The van der Waals surface area contributed by atoms with Crippen LogP contribution in [0.15, 0.2) is 61.4 Å². The molecule has 0 aliphatic carbocycles. The first-order chi connectivity index (χ1) is 18.9. The number of ether oxygens (including phenoxy) is 1. The van der Waals surface area contributed by atoms with E-state index in [2.05, 4.69) is 21.9 Å². The first kappa shape index (κ1) is 25.9. The molecule has 39 heavy (non-hydrogen) atoms. The molecule has 2 aromatic carbocycles. The molecule has 10 nitrogen and oxygen atoms in total. The van der Waals surface area contributed by atoms with E-state index >= 15 is 0 Å². The molecule has 1 fully saturated rings. The van der Waals surface area contributed by atoms with Gasteiger partial charge in [0.2, 0.25) is 5.91 Å². The summed E-state index contributed by atoms with van der Waals surface area (Å²) in [5, 5.41) is 8.58. The summed E-state index contributed by atoms with van der Waals surface area (Å²) >= 11 is 0. The minimum atomic E-state index is -0.194. The number of amides is 2. The van der Waals surface area contributed by atoms with Crippen LogP contribution in [0.1, 0.15) is 40.4 Å². The minimum absolute atomic E-state index is 0.0406. The molecule has 1 atom stereocenters. The monoisotopic (exact) mass is 525 g/mol. The van der Waals surface area contributed by atoms with E-state index in [-0.39, 0.29) is 17.9 Å². The Morgan fingerprint density at radius 3 is 2.74 bits per heavy atom. The molecule has 2 aromatic heterocycles. The lowest BCUT2D eigenvalue weighted by molar-refractivity contribution is -0.127. The maximum atomic E-state index is 12.9. The van der Waals surface area contributed by atoms with E-state index in [1.54, 1.807) is 18.1 Å². The van der Waals surface area contributed by atoms with Gasteiger partial charge in [-0.1, -0.05) is 43.0 Å². The molecule has 1 aliphatic heterocycles. The van der Waals surface area contributed by atoms with Crippen molar-refractivity contribution in [2.24, 2.45) is 0 Å². The number of hydrogen-bond acceptors (Lipinski definition) is 7. The summed E-state index contributed by atoms with van der Waals surface area (Å²) in [6, 6.07) is 13.3. The summed E-state index contributed by atoms with van der Waals surface area (Å²) < 4.78 is 7.23. The second-order valence-corrected chi connectivity index (χ2v) is 9.57. The van der Waals surface area contributed by atoms with Gasteiger partial charge in [-0.2, -0.15) is 5.10 Å². The number of nitrogens with zero attached hydrogens (tertiary/aromatic N) is 5. The number of likely N-dealkylation sites (tertiary alicyclic amines) is 1. The minimum Gasteiger partial charge on any atom is -0.496 e. The maximum absolute atomic E-state index is 12.9. The molecule has 10 heteroatoms. The van der Waals surface area contributed by atoms with E-state index in [1.807, 2.05) is 48.0 Å². The molecule has 0 radical (unpaired) electrons. The number of methoxy groups -OCH3 is 1. The molecule has 1 aliphatic rings. The SMILES string of the molecule is C=CC(=O)N1CCC[C@@H](n2nc(-c3ccc(CNC(=O)c4c(C)cccc4OC)cc3)c3c(N)ncnc32)C1. The van der Waals surface area contributed by atoms with Gasteiger partial charge in [-0.15, -0.1) is 0 Å². The molecule has 0 unspecified atom stereocenters. The second kappa shape index (κ2) is 10.9. The number of nitrogen functional groups attached to an aromatic ring is 1. The summed E-state index contributed by atoms with van der Waals surface area (Å²) in [7, 11) is 1.55. The fourth-order valence-corrected chi connectivity index (χ4v) is 5.09. The first-order valence-electron chi connectivity index (χ1n) is 12.8. The number of fused-ring (bicyclic) bond motifs is 1. The highest BCUT2D eigenvalue weighted by Crippen LogP contribution is 2.34. The number of nitrogens with two attached hydrogens (primary N) is 1. The van der Waals surface area contributed by atoms with Gasteiger partial charge in [-0.25, -0.2) is 14.6 Å². The molecular formula is C29H31N7O3. The zero-order valence-electron chi connectivity index (χ0n) is 22.1. The van der Waals surface area contributed by atoms with E-state index < -0.39 is 0 Å². The molecule has 0 bridgehead atoms. The van der Waals surface area contributed by atoms with Crippen molar-refractivity contribution in [3.63, 3.8) is 0 Å². The average Bonchev–Trinajstić information content (AvgIpc) is 3.36.